The number of aromatic nitrogens is 2. The Kier molecular flexibility index (Phi) is 3.24. The van der Waals surface area contributed by atoms with E-state index in [4.69, 9.17) is 4.74 Å². The van der Waals surface area contributed by atoms with Crippen molar-refractivity contribution < 1.29 is 4.74 Å². The van der Waals surface area contributed by atoms with Gasteiger partial charge >= 0.3 is 0 Å². The van der Waals surface area contributed by atoms with E-state index in [1.807, 2.05) is 12.3 Å². The fourth-order valence-corrected chi connectivity index (χ4v) is 3.67. The second-order valence-electron chi connectivity index (χ2n) is 5.25. The molecule has 1 aliphatic rings. The van der Waals surface area contributed by atoms with Gasteiger partial charge in [-0.1, -0.05) is 24.3 Å². The van der Waals surface area contributed by atoms with Gasteiger partial charge in [0.1, 0.15) is 11.6 Å². The minimum Gasteiger partial charge on any atom is -0.493 e. The van der Waals surface area contributed by atoms with E-state index in [0.29, 0.717) is 5.92 Å². The standard InChI is InChI=1S/C17H16N2OS/c1-2-5-15-14(4-1)13(7-10-20-15)12-19-9-8-18-17(19)16-6-3-11-21-16/h1-6,8-9,11,13H,7,10,12H2. The highest BCUT2D eigenvalue weighted by molar-refractivity contribution is 7.13. The molecule has 0 spiro atoms. The maximum absolute atomic E-state index is 5.75. The van der Waals surface area contributed by atoms with E-state index in [1.165, 1.54) is 10.4 Å². The Bertz CT molecular complexity index is 733. The van der Waals surface area contributed by atoms with Gasteiger partial charge in [-0.15, -0.1) is 11.3 Å². The van der Waals surface area contributed by atoms with Gasteiger partial charge in [0, 0.05) is 24.9 Å². The smallest absolute Gasteiger partial charge is 0.150 e. The van der Waals surface area contributed by atoms with Crippen LogP contribution < -0.4 is 4.74 Å². The Morgan fingerprint density at radius 3 is 3.10 bits per heavy atom. The maximum atomic E-state index is 5.75. The second kappa shape index (κ2) is 5.37. The van der Waals surface area contributed by atoms with Gasteiger partial charge < -0.3 is 9.30 Å². The monoisotopic (exact) mass is 296 g/mol. The molecule has 4 rings (SSSR count). The van der Waals surface area contributed by atoms with Gasteiger partial charge in [-0.05, 0) is 29.5 Å². The lowest BCUT2D eigenvalue weighted by Gasteiger charge is -2.26. The van der Waals surface area contributed by atoms with Crippen molar-refractivity contribution in [3.8, 4) is 16.5 Å². The van der Waals surface area contributed by atoms with Crippen molar-refractivity contribution in [3.05, 3.63) is 59.7 Å². The molecule has 0 saturated heterocycles. The van der Waals surface area contributed by atoms with Crippen molar-refractivity contribution in [1.82, 2.24) is 9.55 Å². The maximum Gasteiger partial charge on any atom is 0.150 e. The fourth-order valence-electron chi connectivity index (χ4n) is 2.93. The normalized spacial score (nSPS) is 17.2. The summed E-state index contributed by atoms with van der Waals surface area (Å²) in [6.45, 7) is 1.75. The fraction of sp³-hybridized carbons (Fsp3) is 0.235. The average molecular weight is 296 g/mol. The lowest BCUT2D eigenvalue weighted by molar-refractivity contribution is 0.259. The van der Waals surface area contributed by atoms with Crippen molar-refractivity contribution in [2.45, 2.75) is 18.9 Å². The van der Waals surface area contributed by atoms with E-state index >= 15 is 0 Å². The number of hydrogen-bond donors (Lipinski definition) is 0. The SMILES string of the molecule is c1csc(-c2nccn2CC2CCOc3ccccc32)c1. The van der Waals surface area contributed by atoms with Gasteiger partial charge in [-0.25, -0.2) is 4.98 Å². The number of benzene rings is 1. The predicted octanol–water partition coefficient (Wildman–Crippen LogP) is 4.18. The van der Waals surface area contributed by atoms with Gasteiger partial charge in [0.15, 0.2) is 0 Å². The second-order valence-corrected chi connectivity index (χ2v) is 6.20. The lowest BCUT2D eigenvalue weighted by Crippen LogP contribution is -2.18. The van der Waals surface area contributed by atoms with E-state index in [2.05, 4.69) is 51.5 Å². The zero-order valence-electron chi connectivity index (χ0n) is 11.6. The molecule has 0 N–H and O–H groups in total. The summed E-state index contributed by atoms with van der Waals surface area (Å²) in [7, 11) is 0. The molecule has 106 valence electrons. The van der Waals surface area contributed by atoms with Crippen molar-refractivity contribution in [2.75, 3.05) is 6.61 Å². The van der Waals surface area contributed by atoms with Crippen molar-refractivity contribution >= 4 is 11.3 Å². The van der Waals surface area contributed by atoms with Crippen LogP contribution in [0.3, 0.4) is 0 Å². The molecule has 4 heteroatoms. The quantitative estimate of drug-likeness (QED) is 0.725. The Morgan fingerprint density at radius 1 is 1.24 bits per heavy atom. The Labute approximate surface area is 127 Å². The molecule has 3 aromatic rings. The first kappa shape index (κ1) is 12.7. The third kappa shape index (κ3) is 2.36. The Hall–Kier alpha value is -2.07. The first-order valence-electron chi connectivity index (χ1n) is 7.18. The minimum atomic E-state index is 0.489. The average Bonchev–Trinajstić information content (AvgIpc) is 3.18. The molecule has 0 aliphatic carbocycles. The number of fused-ring (bicyclic) bond motifs is 1. The van der Waals surface area contributed by atoms with Crippen LogP contribution in [-0.2, 0) is 6.54 Å². The molecule has 1 unspecified atom stereocenters. The highest BCUT2D eigenvalue weighted by Crippen LogP contribution is 2.35. The molecule has 0 radical (unpaired) electrons. The summed E-state index contributed by atoms with van der Waals surface area (Å²) < 4.78 is 8.02. The third-order valence-electron chi connectivity index (χ3n) is 3.96. The molecule has 2 aromatic heterocycles. The van der Waals surface area contributed by atoms with E-state index in [0.717, 1.165) is 31.1 Å². The highest BCUT2D eigenvalue weighted by atomic mass is 32.1. The molecule has 21 heavy (non-hydrogen) atoms. The Morgan fingerprint density at radius 2 is 2.19 bits per heavy atom. The summed E-state index contributed by atoms with van der Waals surface area (Å²) >= 11 is 1.73. The third-order valence-corrected chi connectivity index (χ3v) is 4.82. The van der Waals surface area contributed by atoms with Gasteiger partial charge in [0.25, 0.3) is 0 Å². The molecule has 3 nitrogen and oxygen atoms in total. The number of rotatable bonds is 3. The molecule has 0 bridgehead atoms. The summed E-state index contributed by atoms with van der Waals surface area (Å²) in [5, 5.41) is 2.10. The first-order valence-corrected chi connectivity index (χ1v) is 8.06. The largest absolute Gasteiger partial charge is 0.493 e. The van der Waals surface area contributed by atoms with Crippen LogP contribution in [0.15, 0.2) is 54.2 Å². The van der Waals surface area contributed by atoms with Gasteiger partial charge in [0.2, 0.25) is 0 Å². The van der Waals surface area contributed by atoms with E-state index in [-0.39, 0.29) is 0 Å². The lowest BCUT2D eigenvalue weighted by atomic mass is 9.93. The van der Waals surface area contributed by atoms with Gasteiger partial charge in [0.05, 0.1) is 11.5 Å². The number of imidazole rings is 1. The van der Waals surface area contributed by atoms with Gasteiger partial charge in [-0.2, -0.15) is 0 Å². The van der Waals surface area contributed by atoms with Crippen molar-refractivity contribution in [3.63, 3.8) is 0 Å². The molecule has 0 amide bonds. The minimum absolute atomic E-state index is 0.489. The Balaban J connectivity index is 1.65. The van der Waals surface area contributed by atoms with E-state index in [9.17, 15) is 0 Å². The summed E-state index contributed by atoms with van der Waals surface area (Å²) in [6.07, 6.45) is 5.02. The molecule has 0 saturated carbocycles. The molecular weight excluding hydrogens is 280 g/mol. The number of ether oxygens (including phenoxy) is 1. The van der Waals surface area contributed by atoms with Crippen LogP contribution >= 0.6 is 11.3 Å². The van der Waals surface area contributed by atoms with E-state index < -0.39 is 0 Å². The highest BCUT2D eigenvalue weighted by Gasteiger charge is 2.22. The van der Waals surface area contributed by atoms with Crippen LogP contribution in [0.25, 0.3) is 10.7 Å². The van der Waals surface area contributed by atoms with Crippen LogP contribution in [0.2, 0.25) is 0 Å². The predicted molar refractivity (Wildman–Crippen MR) is 84.8 cm³/mol. The van der Waals surface area contributed by atoms with Crippen LogP contribution in [0, 0.1) is 0 Å². The van der Waals surface area contributed by atoms with Crippen molar-refractivity contribution in [2.24, 2.45) is 0 Å². The van der Waals surface area contributed by atoms with Crippen LogP contribution in [0.4, 0.5) is 0 Å². The molecule has 1 atom stereocenters. The number of para-hydroxylation sites is 1. The summed E-state index contributed by atoms with van der Waals surface area (Å²) in [6, 6.07) is 12.6. The molecule has 1 aromatic carbocycles. The first-order chi connectivity index (χ1) is 10.4. The number of thiophene rings is 1. The summed E-state index contributed by atoms with van der Waals surface area (Å²) in [5.74, 6) is 2.59. The molecule has 0 fully saturated rings. The zero-order valence-corrected chi connectivity index (χ0v) is 12.4. The van der Waals surface area contributed by atoms with E-state index in [1.54, 1.807) is 11.3 Å². The molecule has 1 aliphatic heterocycles. The molecular formula is C17H16N2OS. The summed E-state index contributed by atoms with van der Waals surface area (Å²) in [5.41, 5.74) is 1.31. The van der Waals surface area contributed by atoms with Gasteiger partial charge in [-0.3, -0.25) is 0 Å². The molecule has 3 heterocycles. The zero-order chi connectivity index (χ0) is 14.1. The summed E-state index contributed by atoms with van der Waals surface area (Å²) in [4.78, 5) is 5.74. The number of nitrogens with zero attached hydrogens (tertiary/aromatic N) is 2. The number of hydrogen-bond acceptors (Lipinski definition) is 3. The topological polar surface area (TPSA) is 27.1 Å². The van der Waals surface area contributed by atoms with Crippen LogP contribution in [0.1, 0.15) is 17.9 Å². The van der Waals surface area contributed by atoms with Crippen LogP contribution in [-0.4, -0.2) is 16.2 Å². The van der Waals surface area contributed by atoms with Crippen LogP contribution in [0.5, 0.6) is 5.75 Å². The van der Waals surface area contributed by atoms with Crippen molar-refractivity contribution in [1.29, 1.82) is 0 Å².